The Labute approximate surface area is 116 Å². The SMILES string of the molecule is NC(=O)CC(N)C(=O)NCCc1c[nH]c2ccccc12. The Kier molecular flexibility index (Phi) is 4.37. The van der Waals surface area contributed by atoms with E-state index in [1.807, 2.05) is 30.5 Å². The molecule has 0 aliphatic rings. The van der Waals surface area contributed by atoms with Crippen LogP contribution in [0.5, 0.6) is 0 Å². The first-order valence-electron chi connectivity index (χ1n) is 6.44. The highest BCUT2D eigenvalue weighted by Crippen LogP contribution is 2.17. The topological polar surface area (TPSA) is 114 Å². The number of primary amides is 1. The lowest BCUT2D eigenvalue weighted by Gasteiger charge is -2.10. The zero-order chi connectivity index (χ0) is 14.5. The fraction of sp³-hybridized carbons (Fsp3) is 0.286. The number of amides is 2. The van der Waals surface area contributed by atoms with E-state index in [0.717, 1.165) is 16.5 Å². The molecular weight excluding hydrogens is 256 g/mol. The Morgan fingerprint density at radius 2 is 2.05 bits per heavy atom. The van der Waals surface area contributed by atoms with E-state index < -0.39 is 11.9 Å². The van der Waals surface area contributed by atoms with Gasteiger partial charge in [0.05, 0.1) is 12.5 Å². The fourth-order valence-electron chi connectivity index (χ4n) is 2.10. The predicted octanol–water partition coefficient (Wildman–Crippen LogP) is 0.0293. The number of hydrogen-bond donors (Lipinski definition) is 4. The van der Waals surface area contributed by atoms with Crippen LogP contribution in [0.25, 0.3) is 10.9 Å². The molecule has 2 aromatic rings. The number of carbonyl (C=O) groups is 2. The molecule has 0 saturated heterocycles. The first-order valence-corrected chi connectivity index (χ1v) is 6.44. The van der Waals surface area contributed by atoms with Crippen molar-refractivity contribution in [1.29, 1.82) is 0 Å². The molecule has 1 aromatic carbocycles. The van der Waals surface area contributed by atoms with Gasteiger partial charge in [0.1, 0.15) is 0 Å². The molecule has 0 saturated carbocycles. The van der Waals surface area contributed by atoms with Crippen LogP contribution in [-0.2, 0) is 16.0 Å². The van der Waals surface area contributed by atoms with Gasteiger partial charge in [-0.05, 0) is 18.1 Å². The van der Waals surface area contributed by atoms with E-state index in [4.69, 9.17) is 11.5 Å². The smallest absolute Gasteiger partial charge is 0.237 e. The molecule has 2 rings (SSSR count). The molecule has 6 nitrogen and oxygen atoms in total. The Morgan fingerprint density at radius 3 is 2.80 bits per heavy atom. The second-order valence-corrected chi connectivity index (χ2v) is 4.68. The molecule has 6 heteroatoms. The first kappa shape index (κ1) is 14.1. The van der Waals surface area contributed by atoms with Gasteiger partial charge in [-0.1, -0.05) is 18.2 Å². The van der Waals surface area contributed by atoms with Crippen molar-refractivity contribution in [2.75, 3.05) is 6.54 Å². The number of nitrogens with two attached hydrogens (primary N) is 2. The van der Waals surface area contributed by atoms with Crippen LogP contribution in [0.1, 0.15) is 12.0 Å². The van der Waals surface area contributed by atoms with Crippen LogP contribution in [0.3, 0.4) is 0 Å². The largest absolute Gasteiger partial charge is 0.370 e. The summed E-state index contributed by atoms with van der Waals surface area (Å²) in [6.45, 7) is 0.465. The summed E-state index contributed by atoms with van der Waals surface area (Å²) in [5.74, 6) is -0.937. The van der Waals surface area contributed by atoms with E-state index in [-0.39, 0.29) is 12.3 Å². The van der Waals surface area contributed by atoms with Gasteiger partial charge in [-0.2, -0.15) is 0 Å². The summed E-state index contributed by atoms with van der Waals surface area (Å²) in [7, 11) is 0. The van der Waals surface area contributed by atoms with E-state index in [1.165, 1.54) is 0 Å². The molecule has 0 radical (unpaired) electrons. The Bertz CT molecular complexity index is 620. The van der Waals surface area contributed by atoms with Gasteiger partial charge >= 0.3 is 0 Å². The van der Waals surface area contributed by atoms with Crippen molar-refractivity contribution < 1.29 is 9.59 Å². The van der Waals surface area contributed by atoms with Crippen LogP contribution in [-0.4, -0.2) is 29.4 Å². The number of hydrogen-bond acceptors (Lipinski definition) is 3. The number of fused-ring (bicyclic) bond motifs is 1. The minimum Gasteiger partial charge on any atom is -0.370 e. The predicted molar refractivity (Wildman–Crippen MR) is 76.8 cm³/mol. The van der Waals surface area contributed by atoms with Gasteiger partial charge in [-0.3, -0.25) is 9.59 Å². The van der Waals surface area contributed by atoms with Gasteiger partial charge in [0.2, 0.25) is 11.8 Å². The van der Waals surface area contributed by atoms with Gasteiger partial charge in [-0.15, -0.1) is 0 Å². The van der Waals surface area contributed by atoms with Crippen molar-refractivity contribution in [3.63, 3.8) is 0 Å². The molecule has 6 N–H and O–H groups in total. The van der Waals surface area contributed by atoms with Crippen molar-refractivity contribution in [3.05, 3.63) is 36.0 Å². The average molecular weight is 274 g/mol. The minimum atomic E-state index is -0.879. The number of rotatable bonds is 6. The lowest BCUT2D eigenvalue weighted by Crippen LogP contribution is -2.43. The van der Waals surface area contributed by atoms with E-state index in [2.05, 4.69) is 10.3 Å². The molecule has 0 aliphatic carbocycles. The highest BCUT2D eigenvalue weighted by atomic mass is 16.2. The van der Waals surface area contributed by atoms with E-state index >= 15 is 0 Å². The molecular formula is C14H18N4O2. The van der Waals surface area contributed by atoms with Crippen molar-refractivity contribution in [1.82, 2.24) is 10.3 Å². The Balaban J connectivity index is 1.87. The van der Waals surface area contributed by atoms with Crippen molar-refractivity contribution >= 4 is 22.7 Å². The third-order valence-electron chi connectivity index (χ3n) is 3.13. The van der Waals surface area contributed by atoms with E-state index in [9.17, 15) is 9.59 Å². The number of aromatic amines is 1. The lowest BCUT2D eigenvalue weighted by atomic mass is 10.1. The van der Waals surface area contributed by atoms with Crippen molar-refractivity contribution in [3.8, 4) is 0 Å². The van der Waals surface area contributed by atoms with Gasteiger partial charge < -0.3 is 21.8 Å². The molecule has 106 valence electrons. The summed E-state index contributed by atoms with van der Waals surface area (Å²) in [5.41, 5.74) is 12.7. The maximum absolute atomic E-state index is 11.6. The molecule has 1 unspecified atom stereocenters. The number of nitrogens with one attached hydrogen (secondary N) is 2. The monoisotopic (exact) mass is 274 g/mol. The second-order valence-electron chi connectivity index (χ2n) is 4.68. The zero-order valence-electron chi connectivity index (χ0n) is 11.1. The number of para-hydroxylation sites is 1. The van der Waals surface area contributed by atoms with E-state index in [1.54, 1.807) is 0 Å². The zero-order valence-corrected chi connectivity index (χ0v) is 11.1. The Hall–Kier alpha value is -2.34. The molecule has 1 heterocycles. The third-order valence-corrected chi connectivity index (χ3v) is 3.13. The highest BCUT2D eigenvalue weighted by molar-refractivity contribution is 5.87. The molecule has 0 bridgehead atoms. The summed E-state index contributed by atoms with van der Waals surface area (Å²) in [5, 5.41) is 3.85. The summed E-state index contributed by atoms with van der Waals surface area (Å²) in [4.78, 5) is 25.5. The van der Waals surface area contributed by atoms with Gasteiger partial charge in [0.25, 0.3) is 0 Å². The third kappa shape index (κ3) is 3.36. The molecule has 1 atom stereocenters. The van der Waals surface area contributed by atoms with Gasteiger partial charge in [-0.25, -0.2) is 0 Å². The summed E-state index contributed by atoms with van der Waals surface area (Å²) in [6.07, 6.45) is 2.48. The maximum atomic E-state index is 11.6. The van der Waals surface area contributed by atoms with E-state index in [0.29, 0.717) is 13.0 Å². The Morgan fingerprint density at radius 1 is 1.30 bits per heavy atom. The first-order chi connectivity index (χ1) is 9.58. The molecule has 0 fully saturated rings. The van der Waals surface area contributed by atoms with Crippen molar-refractivity contribution in [2.45, 2.75) is 18.9 Å². The van der Waals surface area contributed by atoms with Crippen LogP contribution in [0.15, 0.2) is 30.5 Å². The number of aromatic nitrogens is 1. The van der Waals surface area contributed by atoms with Gasteiger partial charge in [0, 0.05) is 23.6 Å². The van der Waals surface area contributed by atoms with Crippen molar-refractivity contribution in [2.24, 2.45) is 11.5 Å². The van der Waals surface area contributed by atoms with Gasteiger partial charge in [0.15, 0.2) is 0 Å². The number of carbonyl (C=O) groups excluding carboxylic acids is 2. The normalized spacial score (nSPS) is 12.2. The summed E-state index contributed by atoms with van der Waals surface area (Å²) < 4.78 is 0. The molecule has 20 heavy (non-hydrogen) atoms. The summed E-state index contributed by atoms with van der Waals surface area (Å²) in [6, 6.07) is 7.09. The average Bonchev–Trinajstić information content (AvgIpc) is 2.81. The van der Waals surface area contributed by atoms with Crippen LogP contribution in [0.2, 0.25) is 0 Å². The maximum Gasteiger partial charge on any atom is 0.237 e. The highest BCUT2D eigenvalue weighted by Gasteiger charge is 2.15. The van der Waals surface area contributed by atoms with Crippen LogP contribution in [0.4, 0.5) is 0 Å². The van der Waals surface area contributed by atoms with Crippen LogP contribution in [0, 0.1) is 0 Å². The number of H-pyrrole nitrogens is 1. The quantitative estimate of drug-likeness (QED) is 0.595. The number of benzene rings is 1. The molecule has 0 aliphatic heterocycles. The fourth-order valence-corrected chi connectivity index (χ4v) is 2.10. The summed E-state index contributed by atoms with van der Waals surface area (Å²) >= 11 is 0. The van der Waals surface area contributed by atoms with Crippen LogP contribution >= 0.6 is 0 Å². The standard InChI is InChI=1S/C14H18N4O2/c15-11(7-13(16)19)14(20)17-6-5-9-8-18-12-4-2-1-3-10(9)12/h1-4,8,11,18H,5-7,15H2,(H2,16,19)(H,17,20). The molecule has 1 aromatic heterocycles. The second kappa shape index (κ2) is 6.21. The lowest BCUT2D eigenvalue weighted by molar-refractivity contribution is -0.126. The molecule has 0 spiro atoms. The minimum absolute atomic E-state index is 0.140. The molecule has 2 amide bonds. The van der Waals surface area contributed by atoms with Crippen LogP contribution < -0.4 is 16.8 Å².